The molecule has 0 fully saturated rings. The number of ether oxygens (including phenoxy) is 1. The van der Waals surface area contributed by atoms with Crippen molar-refractivity contribution in [2.75, 3.05) is 18.9 Å². The van der Waals surface area contributed by atoms with Gasteiger partial charge in [0, 0.05) is 23.7 Å². The number of hydrogen-bond donors (Lipinski definition) is 1. The van der Waals surface area contributed by atoms with E-state index in [1.807, 2.05) is 24.3 Å². The lowest BCUT2D eigenvalue weighted by Gasteiger charge is -2.05. The Morgan fingerprint density at radius 1 is 1.20 bits per heavy atom. The predicted molar refractivity (Wildman–Crippen MR) is 80.6 cm³/mol. The number of nitrogens with zero attached hydrogens (tertiary/aromatic N) is 2. The van der Waals surface area contributed by atoms with Crippen molar-refractivity contribution in [3.63, 3.8) is 0 Å². The van der Waals surface area contributed by atoms with E-state index in [0.717, 1.165) is 22.1 Å². The summed E-state index contributed by atoms with van der Waals surface area (Å²) in [6.07, 6.45) is 5.09. The van der Waals surface area contributed by atoms with Gasteiger partial charge in [0.25, 0.3) is 0 Å². The minimum absolute atomic E-state index is 0.373. The van der Waals surface area contributed by atoms with E-state index in [9.17, 15) is 0 Å². The van der Waals surface area contributed by atoms with E-state index in [2.05, 4.69) is 21.8 Å². The maximum atomic E-state index is 5.65. The number of benzene rings is 1. The van der Waals surface area contributed by atoms with E-state index in [1.54, 1.807) is 30.4 Å². The molecule has 20 heavy (non-hydrogen) atoms. The minimum atomic E-state index is 0.373. The number of aromatic nitrogens is 2. The molecule has 0 unspecified atom stereocenters. The molecular weight excluding hydrogens is 270 g/mol. The average molecular weight is 285 g/mol. The lowest BCUT2D eigenvalue weighted by molar-refractivity contribution is 0.344. The van der Waals surface area contributed by atoms with Gasteiger partial charge in [0.15, 0.2) is 0 Å². The first kappa shape index (κ1) is 14.4. The van der Waals surface area contributed by atoms with Gasteiger partial charge in [-0.1, -0.05) is 11.8 Å². The first-order chi connectivity index (χ1) is 9.88. The molecule has 2 N–H and O–H groups in total. The van der Waals surface area contributed by atoms with Crippen LogP contribution in [-0.2, 0) is 0 Å². The Morgan fingerprint density at radius 2 is 2.05 bits per heavy atom. The number of nitrogens with two attached hydrogens (primary N) is 1. The highest BCUT2D eigenvalue weighted by Crippen LogP contribution is 2.15. The van der Waals surface area contributed by atoms with Gasteiger partial charge in [-0.2, -0.15) is 0 Å². The van der Waals surface area contributed by atoms with Gasteiger partial charge in [-0.15, -0.1) is 11.8 Å². The van der Waals surface area contributed by atoms with E-state index in [1.165, 1.54) is 0 Å². The molecule has 1 aromatic heterocycles. The zero-order chi connectivity index (χ0) is 14.0. The second-order valence-corrected chi connectivity index (χ2v) is 4.89. The van der Waals surface area contributed by atoms with E-state index >= 15 is 0 Å². The van der Waals surface area contributed by atoms with Crippen LogP contribution in [0.5, 0.6) is 5.75 Å². The summed E-state index contributed by atoms with van der Waals surface area (Å²) in [7, 11) is 0. The smallest absolute Gasteiger partial charge is 0.119 e. The molecule has 0 aliphatic rings. The summed E-state index contributed by atoms with van der Waals surface area (Å²) < 4.78 is 5.65. The van der Waals surface area contributed by atoms with Crippen molar-refractivity contribution in [2.24, 2.45) is 5.73 Å². The second kappa shape index (κ2) is 8.20. The zero-order valence-corrected chi connectivity index (χ0v) is 11.8. The van der Waals surface area contributed by atoms with E-state index in [-0.39, 0.29) is 0 Å². The van der Waals surface area contributed by atoms with Gasteiger partial charge >= 0.3 is 0 Å². The van der Waals surface area contributed by atoms with Crippen LogP contribution in [0.15, 0.2) is 47.9 Å². The molecule has 1 aromatic carbocycles. The van der Waals surface area contributed by atoms with E-state index in [4.69, 9.17) is 10.5 Å². The summed E-state index contributed by atoms with van der Waals surface area (Å²) in [6.45, 7) is 0.993. The summed E-state index contributed by atoms with van der Waals surface area (Å²) in [6, 6.07) is 7.67. The van der Waals surface area contributed by atoms with Gasteiger partial charge in [-0.3, -0.25) is 4.98 Å². The van der Waals surface area contributed by atoms with Crippen LogP contribution in [-0.4, -0.2) is 28.9 Å². The van der Waals surface area contributed by atoms with Crippen LogP contribution in [0.4, 0.5) is 0 Å². The molecule has 0 bridgehead atoms. The van der Waals surface area contributed by atoms with Gasteiger partial charge in [-0.25, -0.2) is 4.98 Å². The van der Waals surface area contributed by atoms with Gasteiger partial charge in [0.05, 0.1) is 19.3 Å². The summed E-state index contributed by atoms with van der Waals surface area (Å²) >= 11 is 1.62. The molecule has 2 rings (SSSR count). The van der Waals surface area contributed by atoms with Crippen LogP contribution in [0.2, 0.25) is 0 Å². The van der Waals surface area contributed by atoms with Crippen LogP contribution in [0.25, 0.3) is 0 Å². The Bertz CT molecular complexity index is 576. The summed E-state index contributed by atoms with van der Waals surface area (Å²) in [5.41, 5.74) is 6.27. The highest BCUT2D eigenvalue weighted by Gasteiger charge is 1.97. The molecule has 5 heteroatoms. The average Bonchev–Trinajstić information content (AvgIpc) is 2.52. The minimum Gasteiger partial charge on any atom is -0.493 e. The van der Waals surface area contributed by atoms with Gasteiger partial charge in [0.2, 0.25) is 0 Å². The molecule has 0 saturated carbocycles. The Kier molecular flexibility index (Phi) is 5.90. The maximum Gasteiger partial charge on any atom is 0.119 e. The Hall–Kier alpha value is -2.03. The molecule has 0 amide bonds. The predicted octanol–water partition coefficient (Wildman–Crippen LogP) is 1.96. The fourth-order valence-electron chi connectivity index (χ4n) is 1.45. The molecule has 0 radical (unpaired) electrons. The third kappa shape index (κ3) is 4.92. The van der Waals surface area contributed by atoms with Crippen LogP contribution in [0.3, 0.4) is 0 Å². The first-order valence-corrected chi connectivity index (χ1v) is 7.17. The largest absolute Gasteiger partial charge is 0.493 e. The monoisotopic (exact) mass is 285 g/mol. The summed E-state index contributed by atoms with van der Waals surface area (Å²) in [5.74, 6) is 7.45. The Labute approximate surface area is 122 Å². The highest BCUT2D eigenvalue weighted by atomic mass is 32.2. The molecule has 0 saturated heterocycles. The maximum absolute atomic E-state index is 5.65. The first-order valence-electron chi connectivity index (χ1n) is 6.19. The lowest BCUT2D eigenvalue weighted by atomic mass is 10.2. The zero-order valence-electron chi connectivity index (χ0n) is 11.0. The molecule has 1 heterocycles. The van der Waals surface area contributed by atoms with Gasteiger partial charge < -0.3 is 10.5 Å². The Morgan fingerprint density at radius 3 is 2.75 bits per heavy atom. The molecule has 0 spiro atoms. The number of rotatable bonds is 5. The molecule has 0 aliphatic carbocycles. The van der Waals surface area contributed by atoms with Crippen molar-refractivity contribution >= 4 is 11.8 Å². The van der Waals surface area contributed by atoms with Crippen molar-refractivity contribution < 1.29 is 4.74 Å². The molecule has 0 atom stereocenters. The lowest BCUT2D eigenvalue weighted by Crippen LogP contribution is -2.00. The van der Waals surface area contributed by atoms with Crippen molar-refractivity contribution in [3.05, 3.63) is 48.4 Å². The van der Waals surface area contributed by atoms with Crippen LogP contribution in [0.1, 0.15) is 5.56 Å². The molecular formula is C15H15N3OS. The van der Waals surface area contributed by atoms with Crippen molar-refractivity contribution in [3.8, 4) is 17.6 Å². The van der Waals surface area contributed by atoms with Crippen molar-refractivity contribution in [1.82, 2.24) is 9.97 Å². The molecule has 0 aliphatic heterocycles. The normalized spacial score (nSPS) is 9.65. The molecule has 102 valence electrons. The standard InChI is InChI=1S/C15H15N3OS/c16-7-1-2-13-3-5-14(6-4-13)19-10-11-20-15-12-17-8-9-18-15/h3-6,8-9,12H,7,10-11,16H2. The topological polar surface area (TPSA) is 61.0 Å². The molecule has 4 nitrogen and oxygen atoms in total. The van der Waals surface area contributed by atoms with E-state index in [0.29, 0.717) is 13.2 Å². The number of hydrogen-bond acceptors (Lipinski definition) is 5. The summed E-state index contributed by atoms with van der Waals surface area (Å²) in [5, 5.41) is 0.906. The van der Waals surface area contributed by atoms with Crippen LogP contribution in [0, 0.1) is 11.8 Å². The quantitative estimate of drug-likeness (QED) is 0.517. The SMILES string of the molecule is NCC#Cc1ccc(OCCSc2cnccn2)cc1. The van der Waals surface area contributed by atoms with Crippen molar-refractivity contribution in [2.45, 2.75) is 5.03 Å². The van der Waals surface area contributed by atoms with Crippen molar-refractivity contribution in [1.29, 1.82) is 0 Å². The highest BCUT2D eigenvalue weighted by molar-refractivity contribution is 7.99. The van der Waals surface area contributed by atoms with Crippen LogP contribution >= 0.6 is 11.8 Å². The third-order valence-electron chi connectivity index (χ3n) is 2.33. The van der Waals surface area contributed by atoms with Gasteiger partial charge in [-0.05, 0) is 24.3 Å². The second-order valence-electron chi connectivity index (χ2n) is 3.77. The fourth-order valence-corrected chi connectivity index (χ4v) is 2.10. The summed E-state index contributed by atoms with van der Waals surface area (Å²) in [4.78, 5) is 8.19. The fraction of sp³-hybridized carbons (Fsp3) is 0.200. The third-order valence-corrected chi connectivity index (χ3v) is 3.21. The van der Waals surface area contributed by atoms with Crippen LogP contribution < -0.4 is 10.5 Å². The Balaban J connectivity index is 1.74. The van der Waals surface area contributed by atoms with E-state index < -0.39 is 0 Å². The number of thioether (sulfide) groups is 1. The molecule has 2 aromatic rings. The van der Waals surface area contributed by atoms with Gasteiger partial charge in [0.1, 0.15) is 10.8 Å².